The molecule has 0 aliphatic carbocycles. The van der Waals surface area contributed by atoms with Crippen LogP contribution in [0.15, 0.2) is 53.1 Å². The molecule has 2 aromatic carbocycles. The summed E-state index contributed by atoms with van der Waals surface area (Å²) in [5.41, 5.74) is 2.87. The van der Waals surface area contributed by atoms with E-state index in [9.17, 15) is 4.79 Å². The van der Waals surface area contributed by atoms with Crippen LogP contribution in [-0.4, -0.2) is 30.5 Å². The largest absolute Gasteiger partial charge is 1.00 e. The number of carbonyl (C=O) groups is 1. The number of hydrogen-bond donors (Lipinski definition) is 1. The van der Waals surface area contributed by atoms with Crippen LogP contribution < -0.4 is 39.0 Å². The Morgan fingerprint density at radius 3 is 1.96 bits per heavy atom. The van der Waals surface area contributed by atoms with Crippen molar-refractivity contribution in [3.63, 3.8) is 0 Å². The van der Waals surface area contributed by atoms with Crippen molar-refractivity contribution < 1.29 is 54.9 Å². The molecule has 6 nitrogen and oxygen atoms in total. The van der Waals surface area contributed by atoms with Crippen molar-refractivity contribution in [1.82, 2.24) is 5.16 Å². The van der Waals surface area contributed by atoms with E-state index in [4.69, 9.17) is 19.1 Å². The van der Waals surface area contributed by atoms with E-state index in [0.29, 0.717) is 22.8 Å². The van der Waals surface area contributed by atoms with E-state index in [0.717, 1.165) is 16.9 Å². The molecule has 0 spiro atoms. The van der Waals surface area contributed by atoms with Gasteiger partial charge in [0, 0.05) is 5.56 Å². The Morgan fingerprint density at radius 1 is 1.00 bits per heavy atom. The van der Waals surface area contributed by atoms with Crippen molar-refractivity contribution in [2.24, 2.45) is 0 Å². The van der Waals surface area contributed by atoms with Gasteiger partial charge in [-0.25, -0.2) is 0 Å². The predicted octanol–water partition coefficient (Wildman–Crippen LogP) is 0.769. The summed E-state index contributed by atoms with van der Waals surface area (Å²) in [6, 6.07) is 14.7. The van der Waals surface area contributed by atoms with Crippen LogP contribution in [0.4, 0.5) is 0 Å². The average molecular weight is 363 g/mol. The summed E-state index contributed by atoms with van der Waals surface area (Å²) in [4.78, 5) is 11.2. The molecule has 0 unspecified atom stereocenters. The Bertz CT molecular complexity index is 878. The van der Waals surface area contributed by atoms with Gasteiger partial charge in [0.05, 0.1) is 19.8 Å². The van der Waals surface area contributed by atoms with Crippen LogP contribution in [0.2, 0.25) is 0 Å². The zero-order valence-electron chi connectivity index (χ0n) is 15.9. The zero-order valence-corrected chi connectivity index (χ0v) is 16.9. The van der Waals surface area contributed by atoms with E-state index in [1.165, 1.54) is 0 Å². The van der Waals surface area contributed by atoms with Crippen LogP contribution >= 0.6 is 0 Å². The molecule has 0 aliphatic heterocycles. The third kappa shape index (κ3) is 4.27. The minimum Gasteiger partial charge on any atom is -1.00 e. The number of methoxy groups -OCH3 is 2. The van der Waals surface area contributed by atoms with Gasteiger partial charge in [-0.3, -0.25) is 4.79 Å². The number of rotatable bonds is 6. The van der Waals surface area contributed by atoms with Crippen LogP contribution in [0.25, 0.3) is 22.4 Å². The molecule has 0 amide bonds. The van der Waals surface area contributed by atoms with E-state index in [1.54, 1.807) is 14.2 Å². The van der Waals surface area contributed by atoms with Gasteiger partial charge in [-0.15, -0.1) is 0 Å². The number of benzene rings is 2. The molecule has 7 heteroatoms. The van der Waals surface area contributed by atoms with Gasteiger partial charge in [0.25, 0.3) is 0 Å². The minimum absolute atomic E-state index is 0. The Morgan fingerprint density at radius 2 is 1.50 bits per heavy atom. The summed E-state index contributed by atoms with van der Waals surface area (Å²) in [6.07, 6.45) is -0.246. The summed E-state index contributed by atoms with van der Waals surface area (Å²) in [6.45, 7) is 0. The van der Waals surface area contributed by atoms with Crippen molar-refractivity contribution in [1.29, 1.82) is 0 Å². The summed E-state index contributed by atoms with van der Waals surface area (Å²) >= 11 is 0. The first-order chi connectivity index (χ1) is 12.1. The molecule has 0 saturated carbocycles. The van der Waals surface area contributed by atoms with Crippen LogP contribution in [0, 0.1) is 0 Å². The van der Waals surface area contributed by atoms with Crippen LogP contribution in [0.5, 0.6) is 11.5 Å². The first-order valence-electron chi connectivity index (χ1n) is 7.61. The molecule has 1 N–H and O–H groups in total. The topological polar surface area (TPSA) is 81.8 Å². The fourth-order valence-electron chi connectivity index (χ4n) is 2.58. The number of hydrogen-bond acceptors (Lipinski definition) is 5. The maximum Gasteiger partial charge on any atom is 1.00 e. The van der Waals surface area contributed by atoms with Gasteiger partial charge in [0.1, 0.15) is 23.6 Å². The molecule has 0 aliphatic rings. The molecule has 3 aromatic rings. The maximum absolute atomic E-state index is 11.2. The van der Waals surface area contributed by atoms with Crippen LogP contribution in [-0.2, 0) is 11.2 Å². The fourth-order valence-corrected chi connectivity index (χ4v) is 2.58. The van der Waals surface area contributed by atoms with Crippen molar-refractivity contribution in [3.8, 4) is 33.9 Å². The number of carboxylic acids is 1. The fraction of sp³-hybridized carbons (Fsp3) is 0.158. The first-order valence-corrected chi connectivity index (χ1v) is 7.61. The molecule has 3 rings (SSSR count). The van der Waals surface area contributed by atoms with E-state index in [2.05, 4.69) is 5.16 Å². The van der Waals surface area contributed by atoms with Gasteiger partial charge in [-0.05, 0) is 42.0 Å². The molecule has 0 fully saturated rings. The zero-order chi connectivity index (χ0) is 17.8. The van der Waals surface area contributed by atoms with Gasteiger partial charge >= 0.3 is 35.5 Å². The maximum atomic E-state index is 11.2. The molecule has 0 radical (unpaired) electrons. The third-order valence-electron chi connectivity index (χ3n) is 3.82. The van der Waals surface area contributed by atoms with Gasteiger partial charge in [0.2, 0.25) is 0 Å². The average Bonchev–Trinajstić information content (AvgIpc) is 3.04. The molecular formula is C19H18NNaO5. The second-order valence-corrected chi connectivity index (χ2v) is 5.36. The second-order valence-electron chi connectivity index (χ2n) is 5.36. The van der Waals surface area contributed by atoms with Crippen LogP contribution in [0.1, 0.15) is 7.19 Å². The molecule has 1 heterocycles. The summed E-state index contributed by atoms with van der Waals surface area (Å²) < 4.78 is 15.7. The smallest absolute Gasteiger partial charge is 1.00 e. The van der Waals surface area contributed by atoms with E-state index in [1.807, 2.05) is 48.5 Å². The Kier molecular flexibility index (Phi) is 6.85. The van der Waals surface area contributed by atoms with E-state index < -0.39 is 5.97 Å². The van der Waals surface area contributed by atoms with Crippen molar-refractivity contribution in [2.45, 2.75) is 6.42 Å². The monoisotopic (exact) mass is 363 g/mol. The number of carboxylic acid groups (broad SMARTS) is 1. The predicted molar refractivity (Wildman–Crippen MR) is 92.9 cm³/mol. The van der Waals surface area contributed by atoms with Gasteiger partial charge in [0.15, 0.2) is 5.76 Å². The second kappa shape index (κ2) is 8.89. The van der Waals surface area contributed by atoms with E-state index in [-0.39, 0.29) is 37.4 Å². The SMILES string of the molecule is COc1ccc(-c2noc(CC(=O)O)c2-c2ccc(OC)cc2)cc1.[H-].[Na+]. The van der Waals surface area contributed by atoms with E-state index >= 15 is 0 Å². The van der Waals surface area contributed by atoms with Gasteiger partial charge in [-0.2, -0.15) is 0 Å². The van der Waals surface area contributed by atoms with Crippen molar-refractivity contribution in [3.05, 3.63) is 54.3 Å². The number of nitrogens with zero attached hydrogens (tertiary/aromatic N) is 1. The normalized spacial score (nSPS) is 10.1. The Balaban J connectivity index is 0.00000182. The van der Waals surface area contributed by atoms with Crippen LogP contribution in [0.3, 0.4) is 0 Å². The number of aliphatic carboxylic acids is 1. The standard InChI is InChI=1S/C19H17NO5.Na.H/c1-23-14-7-3-12(4-8-14)18-16(11-17(21)22)25-20-19(18)13-5-9-15(24-2)10-6-13;;/h3-10H,11H2,1-2H3,(H,21,22);;/q;+1;-1. The molecule has 0 saturated heterocycles. The molecular weight excluding hydrogens is 345 g/mol. The molecule has 1 aromatic heterocycles. The molecule has 26 heavy (non-hydrogen) atoms. The summed E-state index contributed by atoms with van der Waals surface area (Å²) in [7, 11) is 3.19. The molecule has 0 atom stereocenters. The molecule has 130 valence electrons. The Hall–Kier alpha value is -2.28. The quantitative estimate of drug-likeness (QED) is 0.652. The summed E-state index contributed by atoms with van der Waals surface area (Å²) in [5, 5.41) is 13.2. The number of ether oxygens (including phenoxy) is 2. The van der Waals surface area contributed by atoms with Gasteiger partial charge < -0.3 is 20.5 Å². The summed E-state index contributed by atoms with van der Waals surface area (Å²) in [5.74, 6) is 0.769. The number of aromatic nitrogens is 1. The molecule has 0 bridgehead atoms. The first kappa shape index (κ1) is 20.0. The Labute approximate surface area is 174 Å². The third-order valence-corrected chi connectivity index (χ3v) is 3.82. The van der Waals surface area contributed by atoms with Crippen molar-refractivity contribution in [2.75, 3.05) is 14.2 Å². The minimum atomic E-state index is -0.979. The van der Waals surface area contributed by atoms with Gasteiger partial charge in [-0.1, -0.05) is 17.3 Å². The van der Waals surface area contributed by atoms with Crippen molar-refractivity contribution >= 4 is 5.97 Å².